The van der Waals surface area contributed by atoms with Gasteiger partial charge in [0.2, 0.25) is 0 Å². The van der Waals surface area contributed by atoms with Crippen molar-refractivity contribution in [1.29, 1.82) is 0 Å². The van der Waals surface area contributed by atoms with Crippen molar-refractivity contribution in [2.45, 2.75) is 26.1 Å². The van der Waals surface area contributed by atoms with E-state index in [9.17, 15) is 13.2 Å². The summed E-state index contributed by atoms with van der Waals surface area (Å²) in [5, 5.41) is 22.1. The Morgan fingerprint density at radius 3 is 2.84 bits per heavy atom. The number of aromatic nitrogens is 6. The summed E-state index contributed by atoms with van der Waals surface area (Å²) in [4.78, 5) is 0. The van der Waals surface area contributed by atoms with Crippen molar-refractivity contribution in [3.05, 3.63) is 24.2 Å². The highest BCUT2D eigenvalue weighted by molar-refractivity contribution is 5.90. The lowest BCUT2D eigenvalue weighted by Gasteiger charge is -2.08. The highest BCUT2D eigenvalue weighted by Crippen LogP contribution is 2.26. The zero-order valence-electron chi connectivity index (χ0n) is 13.3. The predicted octanol–water partition coefficient (Wildman–Crippen LogP) is 2.43. The van der Waals surface area contributed by atoms with Gasteiger partial charge in [-0.25, -0.2) is 0 Å². The van der Waals surface area contributed by atoms with Gasteiger partial charge in [-0.2, -0.15) is 33.6 Å². The molecule has 0 spiro atoms. The number of anilines is 2. The first kappa shape index (κ1) is 17.1. The van der Waals surface area contributed by atoms with Gasteiger partial charge in [-0.3, -0.25) is 9.78 Å². The molecule has 134 valence electrons. The van der Waals surface area contributed by atoms with Gasteiger partial charge in [0, 0.05) is 0 Å². The number of alkyl halides is 3. The first-order valence-electron chi connectivity index (χ1n) is 7.60. The average Bonchev–Trinajstić information content (AvgIpc) is 3.13. The average molecular weight is 355 g/mol. The van der Waals surface area contributed by atoms with Crippen LogP contribution in [-0.2, 0) is 17.7 Å². The third-order valence-corrected chi connectivity index (χ3v) is 3.42. The lowest BCUT2D eigenvalue weighted by molar-refractivity contribution is -0.174. The van der Waals surface area contributed by atoms with E-state index >= 15 is 0 Å². The molecule has 3 heterocycles. The Balaban J connectivity index is 1.81. The fraction of sp³-hybridized carbons (Fsp3) is 0.429. The Labute approximate surface area is 140 Å². The molecule has 0 aliphatic heterocycles. The quantitative estimate of drug-likeness (QED) is 0.632. The number of halogens is 3. The van der Waals surface area contributed by atoms with Crippen LogP contribution in [0, 0.1) is 0 Å². The van der Waals surface area contributed by atoms with E-state index in [1.165, 1.54) is 12.4 Å². The first-order valence-corrected chi connectivity index (χ1v) is 7.60. The summed E-state index contributed by atoms with van der Waals surface area (Å²) >= 11 is 0. The van der Waals surface area contributed by atoms with Gasteiger partial charge in [-0.15, -0.1) is 0 Å². The summed E-state index contributed by atoms with van der Waals surface area (Å²) in [6, 6.07) is 1.72. The van der Waals surface area contributed by atoms with Gasteiger partial charge in [0.15, 0.2) is 5.82 Å². The van der Waals surface area contributed by atoms with Crippen LogP contribution in [0.4, 0.5) is 24.7 Å². The zero-order valence-corrected chi connectivity index (χ0v) is 13.3. The predicted molar refractivity (Wildman–Crippen MR) is 83.4 cm³/mol. The van der Waals surface area contributed by atoms with E-state index in [0.717, 1.165) is 11.2 Å². The lowest BCUT2D eigenvalue weighted by Crippen LogP contribution is -2.19. The second-order valence-electron chi connectivity index (χ2n) is 5.24. The smallest absolute Gasteiger partial charge is 0.370 e. The van der Waals surface area contributed by atoms with Crippen molar-refractivity contribution in [3.8, 4) is 0 Å². The number of ether oxygens (including phenoxy) is 1. The van der Waals surface area contributed by atoms with E-state index in [2.05, 4.69) is 35.5 Å². The number of aryl methyl sites for hydroxylation is 1. The summed E-state index contributed by atoms with van der Waals surface area (Å²) in [5.74, 6) is 0.506. The topological polar surface area (TPSA) is 93.5 Å². The Bertz CT molecular complexity index is 828. The van der Waals surface area contributed by atoms with Gasteiger partial charge in [0.1, 0.15) is 17.6 Å². The molecule has 0 aliphatic rings. The molecular formula is C14H16F3N7O. The maximum absolute atomic E-state index is 12.2. The molecule has 0 fully saturated rings. The second-order valence-corrected chi connectivity index (χ2v) is 5.24. The standard InChI is InChI=1S/C14H16F3N7O/c1-2-10-11-12(24(23-10)5-6-25-8-14(15,16)17)13(22-21-11)20-9-3-4-18-19-7-9/h3-4,7H,2,5-6,8H2,1H3,(H2,18,20,21,22). The van der Waals surface area contributed by atoms with Crippen molar-refractivity contribution in [3.63, 3.8) is 0 Å². The van der Waals surface area contributed by atoms with Crippen molar-refractivity contribution < 1.29 is 17.9 Å². The molecule has 0 atom stereocenters. The minimum Gasteiger partial charge on any atom is -0.370 e. The van der Waals surface area contributed by atoms with Crippen molar-refractivity contribution >= 4 is 22.5 Å². The number of hydrogen-bond acceptors (Lipinski definition) is 6. The number of hydrogen-bond donors (Lipinski definition) is 2. The van der Waals surface area contributed by atoms with E-state index in [4.69, 9.17) is 0 Å². The highest BCUT2D eigenvalue weighted by atomic mass is 19.4. The largest absolute Gasteiger partial charge is 0.411 e. The maximum atomic E-state index is 12.2. The van der Waals surface area contributed by atoms with Crippen LogP contribution in [0.1, 0.15) is 12.6 Å². The van der Waals surface area contributed by atoms with E-state index in [1.54, 1.807) is 10.7 Å². The Morgan fingerprint density at radius 1 is 1.32 bits per heavy atom. The van der Waals surface area contributed by atoms with Gasteiger partial charge in [-0.05, 0) is 12.5 Å². The Morgan fingerprint density at radius 2 is 2.16 bits per heavy atom. The Kier molecular flexibility index (Phi) is 4.83. The number of nitrogens with zero attached hydrogens (tertiary/aromatic N) is 5. The molecule has 0 unspecified atom stereocenters. The molecule has 3 aromatic rings. The van der Waals surface area contributed by atoms with E-state index in [-0.39, 0.29) is 13.2 Å². The number of H-pyrrole nitrogens is 1. The Hall–Kier alpha value is -2.69. The molecule has 0 saturated carbocycles. The van der Waals surface area contributed by atoms with Crippen LogP contribution < -0.4 is 5.32 Å². The van der Waals surface area contributed by atoms with Crippen LogP contribution in [-0.4, -0.2) is 49.6 Å². The highest BCUT2D eigenvalue weighted by Gasteiger charge is 2.27. The first-order chi connectivity index (χ1) is 12.0. The molecule has 0 bridgehead atoms. The molecule has 2 N–H and O–H groups in total. The van der Waals surface area contributed by atoms with Gasteiger partial charge >= 0.3 is 6.18 Å². The molecule has 0 saturated heterocycles. The molecule has 3 aromatic heterocycles. The van der Waals surface area contributed by atoms with Crippen molar-refractivity contribution in [2.75, 3.05) is 18.5 Å². The second kappa shape index (κ2) is 7.05. The molecule has 8 nitrogen and oxygen atoms in total. The minimum atomic E-state index is -4.34. The minimum absolute atomic E-state index is 0.110. The van der Waals surface area contributed by atoms with Gasteiger partial charge in [-0.1, -0.05) is 6.92 Å². The molecule has 25 heavy (non-hydrogen) atoms. The summed E-state index contributed by atoms with van der Waals surface area (Å²) in [6.45, 7) is 0.723. The normalized spacial score (nSPS) is 12.0. The van der Waals surface area contributed by atoms with Crippen LogP contribution in [0.2, 0.25) is 0 Å². The summed E-state index contributed by atoms with van der Waals surface area (Å²) in [5.41, 5.74) is 2.87. The molecule has 0 radical (unpaired) electrons. The number of nitrogens with one attached hydrogen (secondary N) is 2. The van der Waals surface area contributed by atoms with Crippen LogP contribution in [0.25, 0.3) is 11.0 Å². The number of fused-ring (bicyclic) bond motifs is 1. The van der Waals surface area contributed by atoms with Crippen LogP contribution >= 0.6 is 0 Å². The van der Waals surface area contributed by atoms with Crippen molar-refractivity contribution in [1.82, 2.24) is 30.2 Å². The molecule has 0 aromatic carbocycles. The van der Waals surface area contributed by atoms with Crippen LogP contribution in [0.15, 0.2) is 18.5 Å². The molecule has 11 heteroatoms. The summed E-state index contributed by atoms with van der Waals surface area (Å²) < 4.78 is 42.8. The summed E-state index contributed by atoms with van der Waals surface area (Å²) in [6.07, 6.45) is -0.615. The molecule has 0 amide bonds. The third-order valence-electron chi connectivity index (χ3n) is 3.42. The molecular weight excluding hydrogens is 339 g/mol. The molecule has 0 aliphatic carbocycles. The van der Waals surface area contributed by atoms with Crippen LogP contribution in [0.5, 0.6) is 0 Å². The van der Waals surface area contributed by atoms with E-state index in [0.29, 0.717) is 23.4 Å². The van der Waals surface area contributed by atoms with Crippen molar-refractivity contribution in [2.24, 2.45) is 0 Å². The number of rotatable bonds is 7. The fourth-order valence-corrected chi connectivity index (χ4v) is 2.37. The summed E-state index contributed by atoms with van der Waals surface area (Å²) in [7, 11) is 0. The van der Waals surface area contributed by atoms with Gasteiger partial charge < -0.3 is 10.1 Å². The SMILES string of the molecule is CCc1nn(CCOCC(F)(F)F)c2c(Nc3ccnnc3)n[nH]c12. The lowest BCUT2D eigenvalue weighted by atomic mass is 10.3. The fourth-order valence-electron chi connectivity index (χ4n) is 2.37. The zero-order chi connectivity index (χ0) is 17.9. The van der Waals surface area contributed by atoms with Gasteiger partial charge in [0.05, 0.1) is 36.9 Å². The maximum Gasteiger partial charge on any atom is 0.411 e. The van der Waals surface area contributed by atoms with Crippen LogP contribution in [0.3, 0.4) is 0 Å². The van der Waals surface area contributed by atoms with E-state index in [1.807, 2.05) is 6.92 Å². The van der Waals surface area contributed by atoms with Gasteiger partial charge in [0.25, 0.3) is 0 Å². The number of aromatic amines is 1. The molecule has 3 rings (SSSR count). The van der Waals surface area contributed by atoms with E-state index < -0.39 is 12.8 Å². The third kappa shape index (κ3) is 4.05. The monoisotopic (exact) mass is 355 g/mol.